The first-order chi connectivity index (χ1) is 16.9. The zero-order chi connectivity index (χ0) is 24.9. The van der Waals surface area contributed by atoms with E-state index in [1.54, 1.807) is 49.6 Å². The number of thiocarbonyl (C=S) groups is 1. The van der Waals surface area contributed by atoms with Crippen molar-refractivity contribution in [3.05, 3.63) is 86.7 Å². The molecule has 1 heterocycles. The zero-order valence-corrected chi connectivity index (χ0v) is 22.1. The number of amides is 1. The molecule has 0 spiro atoms. The summed E-state index contributed by atoms with van der Waals surface area (Å²) in [5, 5.41) is 1.10. The first-order valence-corrected chi connectivity index (χ1v) is 12.6. The van der Waals surface area contributed by atoms with Crippen molar-refractivity contribution in [1.29, 1.82) is 0 Å². The van der Waals surface area contributed by atoms with Gasteiger partial charge in [0.15, 0.2) is 15.8 Å². The Hall–Kier alpha value is -2.71. The van der Waals surface area contributed by atoms with Crippen molar-refractivity contribution >= 4 is 69.2 Å². The molecule has 0 bridgehead atoms. The van der Waals surface area contributed by atoms with E-state index >= 15 is 0 Å². The third-order valence-electron chi connectivity index (χ3n) is 5.09. The van der Waals surface area contributed by atoms with Gasteiger partial charge in [0.25, 0.3) is 5.91 Å². The van der Waals surface area contributed by atoms with E-state index in [1.807, 2.05) is 31.2 Å². The fraction of sp³-hybridized carbons (Fsp3) is 0.154. The van der Waals surface area contributed by atoms with Crippen LogP contribution >= 0.6 is 47.2 Å². The van der Waals surface area contributed by atoms with Gasteiger partial charge < -0.3 is 14.2 Å². The Kier molecular flexibility index (Phi) is 8.23. The van der Waals surface area contributed by atoms with Crippen LogP contribution in [0, 0.1) is 0 Å². The smallest absolute Gasteiger partial charge is 0.270 e. The van der Waals surface area contributed by atoms with E-state index in [1.165, 1.54) is 16.7 Å². The minimum atomic E-state index is -0.180. The van der Waals surface area contributed by atoms with Gasteiger partial charge in [-0.3, -0.25) is 9.69 Å². The highest BCUT2D eigenvalue weighted by Gasteiger charge is 2.33. The average Bonchev–Trinajstić information content (AvgIpc) is 3.12. The monoisotopic (exact) mass is 545 g/mol. The highest BCUT2D eigenvalue weighted by molar-refractivity contribution is 8.27. The number of carbonyl (C=O) groups is 1. The first kappa shape index (κ1) is 25.4. The van der Waals surface area contributed by atoms with Gasteiger partial charge in [0, 0.05) is 15.6 Å². The Morgan fingerprint density at radius 2 is 1.77 bits per heavy atom. The van der Waals surface area contributed by atoms with Crippen molar-refractivity contribution in [2.75, 3.05) is 18.6 Å². The predicted molar refractivity (Wildman–Crippen MR) is 147 cm³/mol. The summed E-state index contributed by atoms with van der Waals surface area (Å²) in [5.74, 6) is 1.66. The van der Waals surface area contributed by atoms with Crippen LogP contribution in [0.3, 0.4) is 0 Å². The number of hydrogen-bond donors (Lipinski definition) is 0. The molecule has 0 aliphatic carbocycles. The summed E-state index contributed by atoms with van der Waals surface area (Å²) in [7, 11) is 1.59. The standard InChI is InChI=1S/C26H21Cl2NO4S2/c1-3-32-23-12-16(4-11-22(23)33-15-17-5-6-18(27)14-21(17)28)13-24-25(30)29(26(34)35-24)19-7-9-20(31-2)10-8-19/h4-14H,3,15H2,1-2H3. The molecule has 180 valence electrons. The van der Waals surface area contributed by atoms with E-state index in [4.69, 9.17) is 49.6 Å². The summed E-state index contributed by atoms with van der Waals surface area (Å²) < 4.78 is 17.4. The number of halogens is 2. The number of benzene rings is 3. The van der Waals surface area contributed by atoms with Gasteiger partial charge in [-0.2, -0.15) is 0 Å². The lowest BCUT2D eigenvalue weighted by atomic mass is 10.1. The molecule has 35 heavy (non-hydrogen) atoms. The molecule has 0 saturated carbocycles. The minimum Gasteiger partial charge on any atom is -0.497 e. The van der Waals surface area contributed by atoms with Crippen LogP contribution in [0.25, 0.3) is 6.08 Å². The van der Waals surface area contributed by atoms with Crippen LogP contribution in [0.4, 0.5) is 5.69 Å². The average molecular weight is 546 g/mol. The minimum absolute atomic E-state index is 0.180. The lowest BCUT2D eigenvalue weighted by Gasteiger charge is -2.15. The van der Waals surface area contributed by atoms with E-state index in [0.717, 1.165) is 11.1 Å². The van der Waals surface area contributed by atoms with Crippen LogP contribution in [-0.2, 0) is 11.4 Å². The molecule has 1 aliphatic rings. The van der Waals surface area contributed by atoms with Crippen molar-refractivity contribution in [3.63, 3.8) is 0 Å². The van der Waals surface area contributed by atoms with E-state index < -0.39 is 0 Å². The largest absolute Gasteiger partial charge is 0.497 e. The summed E-state index contributed by atoms with van der Waals surface area (Å²) in [4.78, 5) is 15.1. The summed E-state index contributed by atoms with van der Waals surface area (Å²) in [6, 6.07) is 18.0. The van der Waals surface area contributed by atoms with Crippen LogP contribution in [0.15, 0.2) is 65.6 Å². The molecule has 1 aliphatic heterocycles. The number of anilines is 1. The molecule has 1 fully saturated rings. The second-order valence-electron chi connectivity index (χ2n) is 7.38. The molecule has 0 unspecified atom stereocenters. The predicted octanol–water partition coefficient (Wildman–Crippen LogP) is 7.39. The number of rotatable bonds is 8. The maximum Gasteiger partial charge on any atom is 0.270 e. The first-order valence-electron chi connectivity index (χ1n) is 10.6. The quantitative estimate of drug-likeness (QED) is 0.217. The van der Waals surface area contributed by atoms with Crippen molar-refractivity contribution < 1.29 is 19.0 Å². The van der Waals surface area contributed by atoms with Crippen LogP contribution < -0.4 is 19.1 Å². The Morgan fingerprint density at radius 3 is 2.46 bits per heavy atom. The fourth-order valence-electron chi connectivity index (χ4n) is 3.37. The van der Waals surface area contributed by atoms with Gasteiger partial charge in [0.05, 0.1) is 24.3 Å². The van der Waals surface area contributed by atoms with Gasteiger partial charge in [-0.25, -0.2) is 0 Å². The molecule has 0 aromatic heterocycles. The molecule has 1 saturated heterocycles. The number of hydrogen-bond acceptors (Lipinski definition) is 6. The number of thioether (sulfide) groups is 1. The number of carbonyl (C=O) groups excluding carboxylic acids is 1. The second kappa shape index (κ2) is 11.4. The van der Waals surface area contributed by atoms with E-state index in [2.05, 4.69) is 0 Å². The molecule has 4 rings (SSSR count). The van der Waals surface area contributed by atoms with Crippen LogP contribution in [0.2, 0.25) is 10.0 Å². The SMILES string of the molecule is CCOc1cc(C=C2SC(=S)N(c3ccc(OC)cc3)C2=O)ccc1OCc1ccc(Cl)cc1Cl. The molecule has 5 nitrogen and oxygen atoms in total. The molecule has 0 N–H and O–H groups in total. The van der Waals surface area contributed by atoms with Gasteiger partial charge in [-0.1, -0.05) is 59.3 Å². The van der Waals surface area contributed by atoms with Gasteiger partial charge in [0.1, 0.15) is 12.4 Å². The summed E-state index contributed by atoms with van der Waals surface area (Å²) in [5.41, 5.74) is 2.29. The third kappa shape index (κ3) is 5.93. The maximum absolute atomic E-state index is 13.1. The Balaban J connectivity index is 1.54. The van der Waals surface area contributed by atoms with Crippen molar-refractivity contribution in [2.24, 2.45) is 0 Å². The normalized spacial score (nSPS) is 14.5. The molecule has 3 aromatic carbocycles. The fourth-order valence-corrected chi connectivity index (χ4v) is 5.13. The van der Waals surface area contributed by atoms with Crippen molar-refractivity contribution in [1.82, 2.24) is 0 Å². The molecular weight excluding hydrogens is 525 g/mol. The molecule has 0 radical (unpaired) electrons. The lowest BCUT2D eigenvalue weighted by molar-refractivity contribution is -0.113. The Labute approximate surface area is 223 Å². The van der Waals surface area contributed by atoms with Crippen LogP contribution in [-0.4, -0.2) is 23.9 Å². The molecular formula is C26H21Cl2NO4S2. The number of ether oxygens (including phenoxy) is 3. The Bertz CT molecular complexity index is 1300. The zero-order valence-electron chi connectivity index (χ0n) is 18.9. The molecule has 3 aromatic rings. The topological polar surface area (TPSA) is 48.0 Å². The van der Waals surface area contributed by atoms with Crippen LogP contribution in [0.5, 0.6) is 17.2 Å². The lowest BCUT2D eigenvalue weighted by Crippen LogP contribution is -2.27. The van der Waals surface area contributed by atoms with E-state index in [0.29, 0.717) is 48.8 Å². The van der Waals surface area contributed by atoms with Gasteiger partial charge >= 0.3 is 0 Å². The molecule has 1 amide bonds. The summed E-state index contributed by atoms with van der Waals surface area (Å²) in [6.07, 6.45) is 1.80. The number of nitrogens with zero attached hydrogens (tertiary/aromatic N) is 1. The third-order valence-corrected chi connectivity index (χ3v) is 6.98. The van der Waals surface area contributed by atoms with E-state index in [-0.39, 0.29) is 12.5 Å². The maximum atomic E-state index is 13.1. The van der Waals surface area contributed by atoms with Crippen molar-refractivity contribution in [2.45, 2.75) is 13.5 Å². The van der Waals surface area contributed by atoms with Gasteiger partial charge in [0.2, 0.25) is 0 Å². The summed E-state index contributed by atoms with van der Waals surface area (Å²) >= 11 is 19.0. The second-order valence-corrected chi connectivity index (χ2v) is 9.90. The summed E-state index contributed by atoms with van der Waals surface area (Å²) in [6.45, 7) is 2.61. The van der Waals surface area contributed by atoms with Gasteiger partial charge in [-0.15, -0.1) is 0 Å². The highest BCUT2D eigenvalue weighted by atomic mass is 35.5. The molecule has 0 atom stereocenters. The Morgan fingerprint density at radius 1 is 1.00 bits per heavy atom. The van der Waals surface area contributed by atoms with Crippen LogP contribution in [0.1, 0.15) is 18.1 Å². The van der Waals surface area contributed by atoms with Gasteiger partial charge in [-0.05, 0) is 67.1 Å². The van der Waals surface area contributed by atoms with E-state index in [9.17, 15) is 4.79 Å². The van der Waals surface area contributed by atoms with Crippen molar-refractivity contribution in [3.8, 4) is 17.2 Å². The highest BCUT2D eigenvalue weighted by Crippen LogP contribution is 2.38. The number of methoxy groups -OCH3 is 1. The molecule has 9 heteroatoms.